The van der Waals surface area contributed by atoms with Crippen LogP contribution in [0.2, 0.25) is 5.02 Å². The molecule has 2 aromatic rings. The third-order valence-corrected chi connectivity index (χ3v) is 3.32. The van der Waals surface area contributed by atoms with Crippen molar-refractivity contribution in [2.24, 2.45) is 0 Å². The maximum Gasteiger partial charge on any atom is 0.256 e. The van der Waals surface area contributed by atoms with E-state index in [4.69, 9.17) is 16.9 Å². The van der Waals surface area contributed by atoms with Crippen LogP contribution in [-0.2, 0) is 0 Å². The zero-order valence-electron chi connectivity index (χ0n) is 9.65. The second-order valence-corrected chi connectivity index (χ2v) is 5.06. The standard InChI is InChI=1S/C14H8BrClN2O/c15-13-7-10(16)4-5-12(13)14(19)18-11-3-1-2-9(6-11)8-17/h1-7H,(H,18,19). The maximum atomic E-state index is 12.1. The summed E-state index contributed by atoms with van der Waals surface area (Å²) in [6.07, 6.45) is 0. The zero-order chi connectivity index (χ0) is 13.8. The molecule has 0 saturated carbocycles. The van der Waals surface area contributed by atoms with Gasteiger partial charge in [0.25, 0.3) is 5.91 Å². The summed E-state index contributed by atoms with van der Waals surface area (Å²) < 4.78 is 0.619. The molecule has 0 unspecified atom stereocenters. The minimum Gasteiger partial charge on any atom is -0.322 e. The third kappa shape index (κ3) is 3.34. The van der Waals surface area contributed by atoms with E-state index in [2.05, 4.69) is 21.2 Å². The fourth-order valence-corrected chi connectivity index (χ4v) is 2.40. The number of amides is 1. The van der Waals surface area contributed by atoms with E-state index in [1.807, 2.05) is 6.07 Å². The van der Waals surface area contributed by atoms with Crippen LogP contribution in [0.4, 0.5) is 5.69 Å². The van der Waals surface area contributed by atoms with Crippen molar-refractivity contribution in [1.29, 1.82) is 5.26 Å². The van der Waals surface area contributed by atoms with Crippen molar-refractivity contribution < 1.29 is 4.79 Å². The SMILES string of the molecule is N#Cc1cccc(NC(=O)c2ccc(Cl)cc2Br)c1. The monoisotopic (exact) mass is 334 g/mol. The molecule has 3 nitrogen and oxygen atoms in total. The Morgan fingerprint density at radius 2 is 2.05 bits per heavy atom. The molecule has 5 heteroatoms. The van der Waals surface area contributed by atoms with Crippen molar-refractivity contribution >= 4 is 39.1 Å². The molecule has 0 aromatic heterocycles. The minimum absolute atomic E-state index is 0.265. The Hall–Kier alpha value is -1.83. The lowest BCUT2D eigenvalue weighted by Crippen LogP contribution is -2.12. The van der Waals surface area contributed by atoms with Gasteiger partial charge < -0.3 is 5.32 Å². The molecule has 0 saturated heterocycles. The van der Waals surface area contributed by atoms with Gasteiger partial charge >= 0.3 is 0 Å². The van der Waals surface area contributed by atoms with Crippen molar-refractivity contribution in [3.05, 3.63) is 63.1 Å². The Bertz CT molecular complexity index is 679. The van der Waals surface area contributed by atoms with Crippen LogP contribution in [-0.4, -0.2) is 5.91 Å². The van der Waals surface area contributed by atoms with Crippen molar-refractivity contribution in [2.75, 3.05) is 5.32 Å². The number of nitrogens with one attached hydrogen (secondary N) is 1. The van der Waals surface area contributed by atoms with Gasteiger partial charge in [0.1, 0.15) is 0 Å². The summed E-state index contributed by atoms with van der Waals surface area (Å²) in [4.78, 5) is 12.1. The number of carbonyl (C=O) groups excluding carboxylic acids is 1. The zero-order valence-corrected chi connectivity index (χ0v) is 12.0. The highest BCUT2D eigenvalue weighted by molar-refractivity contribution is 9.10. The van der Waals surface area contributed by atoms with E-state index < -0.39 is 0 Å². The fourth-order valence-electron chi connectivity index (χ4n) is 1.54. The van der Waals surface area contributed by atoms with E-state index >= 15 is 0 Å². The van der Waals surface area contributed by atoms with Crippen LogP contribution >= 0.6 is 27.5 Å². The molecular formula is C14H8BrClN2O. The third-order valence-electron chi connectivity index (χ3n) is 2.43. The second-order valence-electron chi connectivity index (χ2n) is 3.77. The first kappa shape index (κ1) is 13.6. The Morgan fingerprint density at radius 3 is 2.74 bits per heavy atom. The summed E-state index contributed by atoms with van der Waals surface area (Å²) in [6.45, 7) is 0. The van der Waals surface area contributed by atoms with Crippen LogP contribution in [0.1, 0.15) is 15.9 Å². The van der Waals surface area contributed by atoms with Gasteiger partial charge in [0, 0.05) is 15.2 Å². The molecule has 0 aliphatic carbocycles. The van der Waals surface area contributed by atoms with Crippen molar-refractivity contribution in [3.63, 3.8) is 0 Å². The van der Waals surface area contributed by atoms with E-state index in [9.17, 15) is 4.79 Å². The minimum atomic E-state index is -0.265. The molecule has 0 atom stereocenters. The molecule has 94 valence electrons. The second kappa shape index (κ2) is 5.87. The number of carbonyl (C=O) groups is 1. The predicted molar refractivity (Wildman–Crippen MR) is 78.3 cm³/mol. The highest BCUT2D eigenvalue weighted by atomic mass is 79.9. The van der Waals surface area contributed by atoms with Crippen LogP contribution in [0.3, 0.4) is 0 Å². The molecule has 1 N–H and O–H groups in total. The van der Waals surface area contributed by atoms with Gasteiger partial charge in [-0.3, -0.25) is 4.79 Å². The first-order valence-electron chi connectivity index (χ1n) is 5.37. The molecule has 0 radical (unpaired) electrons. The molecule has 0 spiro atoms. The molecule has 0 heterocycles. The van der Waals surface area contributed by atoms with Crippen LogP contribution < -0.4 is 5.32 Å². The predicted octanol–water partition coefficient (Wildman–Crippen LogP) is 4.23. The van der Waals surface area contributed by atoms with Crippen molar-refractivity contribution in [1.82, 2.24) is 0 Å². The summed E-state index contributed by atoms with van der Waals surface area (Å²) >= 11 is 9.12. The largest absolute Gasteiger partial charge is 0.322 e. The van der Waals surface area contributed by atoms with Gasteiger partial charge in [-0.25, -0.2) is 0 Å². The molecule has 2 aromatic carbocycles. The summed E-state index contributed by atoms with van der Waals surface area (Å²) in [7, 11) is 0. The maximum absolute atomic E-state index is 12.1. The van der Waals surface area contributed by atoms with Gasteiger partial charge in [-0.15, -0.1) is 0 Å². The smallest absolute Gasteiger partial charge is 0.256 e. The van der Waals surface area contributed by atoms with Gasteiger partial charge in [-0.1, -0.05) is 17.7 Å². The molecule has 19 heavy (non-hydrogen) atoms. The van der Waals surface area contributed by atoms with Crippen LogP contribution in [0, 0.1) is 11.3 Å². The van der Waals surface area contributed by atoms with E-state index in [1.54, 1.807) is 42.5 Å². The van der Waals surface area contributed by atoms with Gasteiger partial charge in [-0.05, 0) is 52.3 Å². The van der Waals surface area contributed by atoms with Gasteiger partial charge in [-0.2, -0.15) is 5.26 Å². The van der Waals surface area contributed by atoms with Crippen LogP contribution in [0.25, 0.3) is 0 Å². The lowest BCUT2D eigenvalue weighted by Gasteiger charge is -2.07. The lowest BCUT2D eigenvalue weighted by atomic mass is 10.2. The fraction of sp³-hybridized carbons (Fsp3) is 0. The first-order valence-corrected chi connectivity index (χ1v) is 6.54. The van der Waals surface area contributed by atoms with Gasteiger partial charge in [0.2, 0.25) is 0 Å². The average molecular weight is 336 g/mol. The lowest BCUT2D eigenvalue weighted by molar-refractivity contribution is 0.102. The van der Waals surface area contributed by atoms with Gasteiger partial charge in [0.15, 0.2) is 0 Å². The molecule has 1 amide bonds. The Labute approximate surface area is 123 Å². The molecule has 2 rings (SSSR count). The topological polar surface area (TPSA) is 52.9 Å². The number of anilines is 1. The number of nitrogens with zero attached hydrogens (tertiary/aromatic N) is 1. The molecule has 0 aliphatic rings. The summed E-state index contributed by atoms with van der Waals surface area (Å²) in [6, 6.07) is 13.7. The molecular weight excluding hydrogens is 328 g/mol. The molecule has 0 fully saturated rings. The Morgan fingerprint density at radius 1 is 1.26 bits per heavy atom. The molecule has 0 bridgehead atoms. The number of halogens is 2. The number of hydrogen-bond donors (Lipinski definition) is 1. The highest BCUT2D eigenvalue weighted by Crippen LogP contribution is 2.22. The van der Waals surface area contributed by atoms with Crippen molar-refractivity contribution in [3.8, 4) is 6.07 Å². The highest BCUT2D eigenvalue weighted by Gasteiger charge is 2.10. The van der Waals surface area contributed by atoms with E-state index in [1.165, 1.54) is 0 Å². The van der Waals surface area contributed by atoms with E-state index in [-0.39, 0.29) is 5.91 Å². The Balaban J connectivity index is 2.23. The summed E-state index contributed by atoms with van der Waals surface area (Å²) in [5, 5.41) is 12.1. The number of benzene rings is 2. The van der Waals surface area contributed by atoms with Crippen LogP contribution in [0.15, 0.2) is 46.9 Å². The van der Waals surface area contributed by atoms with E-state index in [0.717, 1.165) is 0 Å². The number of hydrogen-bond acceptors (Lipinski definition) is 2. The Kier molecular flexibility index (Phi) is 4.20. The van der Waals surface area contributed by atoms with Gasteiger partial charge in [0.05, 0.1) is 17.2 Å². The number of nitriles is 1. The average Bonchev–Trinajstić information content (AvgIpc) is 2.38. The van der Waals surface area contributed by atoms with Crippen LogP contribution in [0.5, 0.6) is 0 Å². The quantitative estimate of drug-likeness (QED) is 0.893. The van der Waals surface area contributed by atoms with Crippen molar-refractivity contribution in [2.45, 2.75) is 0 Å². The summed E-state index contributed by atoms with van der Waals surface area (Å²) in [5.41, 5.74) is 1.55. The normalized spacial score (nSPS) is 9.74. The molecule has 0 aliphatic heterocycles. The summed E-state index contributed by atoms with van der Waals surface area (Å²) in [5.74, 6) is -0.265. The first-order chi connectivity index (χ1) is 9.10. The van der Waals surface area contributed by atoms with E-state index in [0.29, 0.717) is 26.3 Å². The number of rotatable bonds is 2.